The van der Waals surface area contributed by atoms with Gasteiger partial charge in [0.25, 0.3) is 0 Å². The van der Waals surface area contributed by atoms with Crippen LogP contribution in [-0.2, 0) is 0 Å². The molecule has 0 aliphatic carbocycles. The first-order valence-corrected chi connectivity index (χ1v) is 7.19. The highest BCUT2D eigenvalue weighted by Crippen LogP contribution is 2.27. The van der Waals surface area contributed by atoms with Crippen molar-refractivity contribution < 1.29 is 0 Å². The highest BCUT2D eigenvalue weighted by Gasteiger charge is 2.09. The molecule has 3 aromatic rings. The zero-order valence-electron chi connectivity index (χ0n) is 12.6. The predicted molar refractivity (Wildman–Crippen MR) is 94.1 cm³/mol. The molecule has 2 heterocycles. The molecule has 0 atom stereocenters. The average Bonchev–Trinajstić information content (AvgIpc) is 2.97. The Balaban J connectivity index is 1.92. The Morgan fingerprint density at radius 3 is 3.00 bits per heavy atom. The quantitative estimate of drug-likeness (QED) is 0.578. The average molecular weight is 306 g/mol. The molecule has 0 aliphatic rings. The lowest BCUT2D eigenvalue weighted by atomic mass is 10.1. The Labute approximate surface area is 133 Å². The van der Waals surface area contributed by atoms with Crippen molar-refractivity contribution in [3.63, 3.8) is 0 Å². The summed E-state index contributed by atoms with van der Waals surface area (Å²) in [7, 11) is 0. The Morgan fingerprint density at radius 2 is 2.17 bits per heavy atom. The van der Waals surface area contributed by atoms with Gasteiger partial charge in [-0.1, -0.05) is 30.9 Å². The van der Waals surface area contributed by atoms with Crippen molar-refractivity contribution in [1.29, 1.82) is 0 Å². The topological polar surface area (TPSA) is 106 Å². The fraction of sp³-hybridized carbons (Fsp3) is 0.0588. The molecule has 0 saturated carbocycles. The maximum absolute atomic E-state index is 5.90. The van der Waals surface area contributed by atoms with Crippen LogP contribution in [0.25, 0.3) is 28.2 Å². The SMILES string of the molecule is C=C(N)NC/C=C/c1nc(-c2c[nH]c3ccccc23)cnc1N. The molecule has 0 bridgehead atoms. The maximum atomic E-state index is 5.90. The van der Waals surface area contributed by atoms with Gasteiger partial charge in [-0.15, -0.1) is 0 Å². The summed E-state index contributed by atoms with van der Waals surface area (Å²) in [5.74, 6) is 0.803. The number of rotatable bonds is 5. The molecule has 23 heavy (non-hydrogen) atoms. The van der Waals surface area contributed by atoms with E-state index in [9.17, 15) is 0 Å². The third kappa shape index (κ3) is 3.16. The second-order valence-electron chi connectivity index (χ2n) is 5.08. The summed E-state index contributed by atoms with van der Waals surface area (Å²) in [4.78, 5) is 12.1. The molecule has 6 N–H and O–H groups in total. The third-order valence-electron chi connectivity index (χ3n) is 3.42. The van der Waals surface area contributed by atoms with Crippen LogP contribution in [0.15, 0.2) is 55.1 Å². The zero-order chi connectivity index (χ0) is 16.2. The number of para-hydroxylation sites is 1. The number of hydrogen-bond donors (Lipinski definition) is 4. The molecule has 0 aliphatic heterocycles. The van der Waals surface area contributed by atoms with Crippen LogP contribution in [-0.4, -0.2) is 21.5 Å². The molecule has 0 unspecified atom stereocenters. The summed E-state index contributed by atoms with van der Waals surface area (Å²) in [6.45, 7) is 4.12. The minimum absolute atomic E-state index is 0.386. The van der Waals surface area contributed by atoms with Crippen LogP contribution in [0.4, 0.5) is 5.82 Å². The number of fused-ring (bicyclic) bond motifs is 1. The minimum atomic E-state index is 0.386. The second-order valence-corrected chi connectivity index (χ2v) is 5.08. The van der Waals surface area contributed by atoms with Gasteiger partial charge in [0.15, 0.2) is 0 Å². The number of aromatic amines is 1. The highest BCUT2D eigenvalue weighted by molar-refractivity contribution is 5.94. The van der Waals surface area contributed by atoms with Crippen molar-refractivity contribution in [1.82, 2.24) is 20.3 Å². The van der Waals surface area contributed by atoms with E-state index < -0.39 is 0 Å². The van der Waals surface area contributed by atoms with E-state index in [1.54, 1.807) is 6.20 Å². The molecule has 116 valence electrons. The van der Waals surface area contributed by atoms with Crippen molar-refractivity contribution >= 4 is 22.8 Å². The second kappa shape index (κ2) is 6.23. The number of benzene rings is 1. The number of nitrogen functional groups attached to an aromatic ring is 1. The van der Waals surface area contributed by atoms with E-state index in [0.717, 1.165) is 22.2 Å². The molecule has 0 radical (unpaired) electrons. The first kappa shape index (κ1) is 14.6. The first-order valence-electron chi connectivity index (χ1n) is 7.19. The molecule has 0 spiro atoms. The number of H-pyrrole nitrogens is 1. The highest BCUT2D eigenvalue weighted by atomic mass is 15.0. The first-order chi connectivity index (χ1) is 11.1. The summed E-state index contributed by atoms with van der Waals surface area (Å²) in [5.41, 5.74) is 14.8. The van der Waals surface area contributed by atoms with Crippen LogP contribution in [0.5, 0.6) is 0 Å². The van der Waals surface area contributed by atoms with E-state index in [1.165, 1.54) is 0 Å². The van der Waals surface area contributed by atoms with E-state index in [-0.39, 0.29) is 0 Å². The maximum Gasteiger partial charge on any atom is 0.149 e. The predicted octanol–water partition coefficient (Wildman–Crippen LogP) is 2.24. The monoisotopic (exact) mass is 306 g/mol. The van der Waals surface area contributed by atoms with Crippen LogP contribution in [0.3, 0.4) is 0 Å². The number of hydrogen-bond acceptors (Lipinski definition) is 5. The number of nitrogens with zero attached hydrogens (tertiary/aromatic N) is 2. The van der Waals surface area contributed by atoms with Crippen molar-refractivity contribution in [2.75, 3.05) is 12.3 Å². The molecule has 1 aromatic carbocycles. The molecule has 3 rings (SSSR count). The largest absolute Gasteiger partial charge is 0.386 e. The van der Waals surface area contributed by atoms with E-state index in [2.05, 4.69) is 26.8 Å². The number of nitrogens with two attached hydrogens (primary N) is 2. The van der Waals surface area contributed by atoms with Gasteiger partial charge in [-0.3, -0.25) is 0 Å². The van der Waals surface area contributed by atoms with Gasteiger partial charge in [0.05, 0.1) is 17.7 Å². The summed E-state index contributed by atoms with van der Waals surface area (Å²) >= 11 is 0. The minimum Gasteiger partial charge on any atom is -0.386 e. The van der Waals surface area contributed by atoms with Gasteiger partial charge in [-0.05, 0) is 12.1 Å². The molecule has 0 saturated heterocycles. The van der Waals surface area contributed by atoms with E-state index in [4.69, 9.17) is 11.5 Å². The van der Waals surface area contributed by atoms with Gasteiger partial charge in [-0.2, -0.15) is 0 Å². The molecule has 6 heteroatoms. The lowest BCUT2D eigenvalue weighted by Gasteiger charge is -2.04. The fourth-order valence-corrected chi connectivity index (χ4v) is 2.31. The Bertz CT molecular complexity index is 878. The van der Waals surface area contributed by atoms with Crippen LogP contribution in [0, 0.1) is 0 Å². The summed E-state index contributed by atoms with van der Waals surface area (Å²) in [6.07, 6.45) is 7.30. The van der Waals surface area contributed by atoms with Gasteiger partial charge >= 0.3 is 0 Å². The van der Waals surface area contributed by atoms with Crippen molar-refractivity contribution in [3.05, 3.63) is 60.8 Å². The molecule has 6 nitrogen and oxygen atoms in total. The van der Waals surface area contributed by atoms with E-state index in [0.29, 0.717) is 23.9 Å². The molecule has 0 fully saturated rings. The fourth-order valence-electron chi connectivity index (χ4n) is 2.31. The number of nitrogens with one attached hydrogen (secondary N) is 2. The lowest BCUT2D eigenvalue weighted by molar-refractivity contribution is 0.895. The van der Waals surface area contributed by atoms with Crippen LogP contribution in [0.2, 0.25) is 0 Å². The van der Waals surface area contributed by atoms with Crippen LogP contribution >= 0.6 is 0 Å². The van der Waals surface area contributed by atoms with E-state index in [1.807, 2.05) is 42.6 Å². The van der Waals surface area contributed by atoms with Gasteiger partial charge in [0, 0.05) is 29.2 Å². The molecular formula is C17H18N6. The van der Waals surface area contributed by atoms with Gasteiger partial charge < -0.3 is 21.8 Å². The van der Waals surface area contributed by atoms with Crippen molar-refractivity contribution in [2.24, 2.45) is 5.73 Å². The van der Waals surface area contributed by atoms with E-state index >= 15 is 0 Å². The van der Waals surface area contributed by atoms with Crippen molar-refractivity contribution in [2.45, 2.75) is 0 Å². The Kier molecular flexibility index (Phi) is 3.97. The standard InChI is InChI=1S/C17H18N6/c1-11(18)20-8-4-7-15-17(19)22-10-16(23-15)13-9-21-14-6-3-2-5-12(13)14/h2-7,9-10,20-21H,1,8,18H2,(H2,19,22)/b7-4+. The lowest BCUT2D eigenvalue weighted by Crippen LogP contribution is -2.18. The van der Waals surface area contributed by atoms with Gasteiger partial charge in [0.2, 0.25) is 0 Å². The Morgan fingerprint density at radius 1 is 1.35 bits per heavy atom. The summed E-state index contributed by atoms with van der Waals surface area (Å²) in [6, 6.07) is 8.06. The number of anilines is 1. The Hall–Kier alpha value is -3.28. The smallest absolute Gasteiger partial charge is 0.149 e. The molecule has 2 aromatic heterocycles. The molecule has 0 amide bonds. The van der Waals surface area contributed by atoms with Gasteiger partial charge in [0.1, 0.15) is 11.5 Å². The summed E-state index contributed by atoms with van der Waals surface area (Å²) in [5, 5.41) is 4.00. The molecular weight excluding hydrogens is 288 g/mol. The normalized spacial score (nSPS) is 11.1. The summed E-state index contributed by atoms with van der Waals surface area (Å²) < 4.78 is 0. The number of aromatic nitrogens is 3. The van der Waals surface area contributed by atoms with Gasteiger partial charge in [-0.25, -0.2) is 9.97 Å². The van der Waals surface area contributed by atoms with Crippen LogP contribution < -0.4 is 16.8 Å². The third-order valence-corrected chi connectivity index (χ3v) is 3.42. The van der Waals surface area contributed by atoms with Crippen molar-refractivity contribution in [3.8, 4) is 11.3 Å². The van der Waals surface area contributed by atoms with Crippen LogP contribution in [0.1, 0.15) is 5.69 Å². The zero-order valence-corrected chi connectivity index (χ0v) is 12.6.